The first-order valence-corrected chi connectivity index (χ1v) is 5.44. The first-order valence-electron chi connectivity index (χ1n) is 5.44. The number of halogens is 2. The molecule has 0 spiro atoms. The van der Waals surface area contributed by atoms with Gasteiger partial charge in [-0.15, -0.1) is 12.4 Å². The lowest BCUT2D eigenvalue weighted by Gasteiger charge is -2.27. The van der Waals surface area contributed by atoms with Crippen LogP contribution in [0.25, 0.3) is 0 Å². The van der Waals surface area contributed by atoms with Crippen molar-refractivity contribution in [2.24, 2.45) is 0 Å². The molecule has 94 valence electrons. The van der Waals surface area contributed by atoms with Gasteiger partial charge in [0.1, 0.15) is 5.82 Å². The molecule has 1 aliphatic rings. The summed E-state index contributed by atoms with van der Waals surface area (Å²) in [6.07, 6.45) is 0. The topological polar surface area (TPSA) is 32.3 Å². The molecule has 0 bridgehead atoms. The van der Waals surface area contributed by atoms with Crippen molar-refractivity contribution in [3.8, 4) is 0 Å². The number of hydrogen-bond acceptors (Lipinski definition) is 2. The number of nitrogens with one attached hydrogen (secondary N) is 1. The average Bonchev–Trinajstić information content (AvgIpc) is 2.29. The van der Waals surface area contributed by atoms with Gasteiger partial charge in [0.15, 0.2) is 0 Å². The Morgan fingerprint density at radius 1 is 1.35 bits per heavy atom. The van der Waals surface area contributed by atoms with E-state index in [0.29, 0.717) is 13.1 Å². The van der Waals surface area contributed by atoms with E-state index in [4.69, 9.17) is 0 Å². The zero-order valence-electron chi connectivity index (χ0n) is 9.70. The maximum Gasteiger partial charge on any atom is 0.256 e. The first kappa shape index (κ1) is 13.9. The second-order valence-corrected chi connectivity index (χ2v) is 4.03. The van der Waals surface area contributed by atoms with Crippen molar-refractivity contribution >= 4 is 18.3 Å². The molecule has 3 nitrogen and oxygen atoms in total. The van der Waals surface area contributed by atoms with Gasteiger partial charge in [-0.3, -0.25) is 4.79 Å². The van der Waals surface area contributed by atoms with E-state index < -0.39 is 5.82 Å². The van der Waals surface area contributed by atoms with Crippen LogP contribution in [0.1, 0.15) is 15.9 Å². The molecule has 0 atom stereocenters. The Morgan fingerprint density at radius 3 is 2.59 bits per heavy atom. The summed E-state index contributed by atoms with van der Waals surface area (Å²) in [5.41, 5.74) is 1.00. The highest BCUT2D eigenvalue weighted by Crippen LogP contribution is 2.12. The maximum atomic E-state index is 13.6. The summed E-state index contributed by atoms with van der Waals surface area (Å²) >= 11 is 0. The van der Waals surface area contributed by atoms with E-state index in [2.05, 4.69) is 5.32 Å². The Bertz CT molecular complexity index is 405. The van der Waals surface area contributed by atoms with Crippen LogP contribution in [-0.2, 0) is 0 Å². The molecule has 1 aromatic carbocycles. The van der Waals surface area contributed by atoms with Gasteiger partial charge in [0, 0.05) is 26.2 Å². The standard InChI is InChI=1S/C12H15FN2O.ClH/c1-9-2-3-10(11(13)8-9)12(16)15-6-4-14-5-7-15;/h2-3,8,14H,4-7H2,1H3;1H. The van der Waals surface area contributed by atoms with Crippen molar-refractivity contribution in [1.82, 2.24) is 10.2 Å². The van der Waals surface area contributed by atoms with Crippen LogP contribution < -0.4 is 5.32 Å². The summed E-state index contributed by atoms with van der Waals surface area (Å²) in [6, 6.07) is 4.73. The lowest BCUT2D eigenvalue weighted by atomic mass is 10.1. The molecule has 0 radical (unpaired) electrons. The molecule has 17 heavy (non-hydrogen) atoms. The number of hydrogen-bond donors (Lipinski definition) is 1. The van der Waals surface area contributed by atoms with Crippen molar-refractivity contribution in [1.29, 1.82) is 0 Å². The van der Waals surface area contributed by atoms with Crippen molar-refractivity contribution in [3.05, 3.63) is 35.1 Å². The third kappa shape index (κ3) is 3.17. The summed E-state index contributed by atoms with van der Waals surface area (Å²) in [7, 11) is 0. The molecule has 0 aromatic heterocycles. The van der Waals surface area contributed by atoms with Crippen molar-refractivity contribution in [2.75, 3.05) is 26.2 Å². The second-order valence-electron chi connectivity index (χ2n) is 4.03. The van der Waals surface area contributed by atoms with Gasteiger partial charge in [-0.25, -0.2) is 4.39 Å². The van der Waals surface area contributed by atoms with Gasteiger partial charge in [0.05, 0.1) is 5.56 Å². The number of nitrogens with zero attached hydrogens (tertiary/aromatic N) is 1. The van der Waals surface area contributed by atoms with Gasteiger partial charge < -0.3 is 10.2 Å². The highest BCUT2D eigenvalue weighted by atomic mass is 35.5. The van der Waals surface area contributed by atoms with E-state index in [1.165, 1.54) is 6.07 Å². The van der Waals surface area contributed by atoms with Crippen LogP contribution in [0.15, 0.2) is 18.2 Å². The molecule has 0 saturated carbocycles. The van der Waals surface area contributed by atoms with Crippen LogP contribution in [0.4, 0.5) is 4.39 Å². The van der Waals surface area contributed by atoms with Crippen molar-refractivity contribution in [2.45, 2.75) is 6.92 Å². The van der Waals surface area contributed by atoms with Crippen LogP contribution in [0.3, 0.4) is 0 Å². The third-order valence-corrected chi connectivity index (χ3v) is 2.76. The van der Waals surface area contributed by atoms with E-state index in [9.17, 15) is 9.18 Å². The largest absolute Gasteiger partial charge is 0.336 e. The van der Waals surface area contributed by atoms with Crippen LogP contribution in [0, 0.1) is 12.7 Å². The fraction of sp³-hybridized carbons (Fsp3) is 0.417. The zero-order chi connectivity index (χ0) is 11.5. The Hall–Kier alpha value is -1.13. The molecular formula is C12H16ClFN2O. The molecule has 1 fully saturated rings. The summed E-state index contributed by atoms with van der Waals surface area (Å²) in [5, 5.41) is 3.16. The van der Waals surface area contributed by atoms with Gasteiger partial charge in [0.2, 0.25) is 0 Å². The molecule has 1 aromatic rings. The summed E-state index contributed by atoms with van der Waals surface area (Å²) < 4.78 is 13.6. The molecule has 0 aliphatic carbocycles. The van der Waals surface area contributed by atoms with Crippen LogP contribution in [0.5, 0.6) is 0 Å². The molecule has 1 N–H and O–H groups in total. The maximum absolute atomic E-state index is 13.6. The van der Waals surface area contributed by atoms with Crippen LogP contribution in [-0.4, -0.2) is 37.0 Å². The number of carbonyl (C=O) groups is 1. The number of benzene rings is 1. The van der Waals surface area contributed by atoms with E-state index in [-0.39, 0.29) is 23.9 Å². The Balaban J connectivity index is 0.00000144. The monoisotopic (exact) mass is 258 g/mol. The van der Waals surface area contributed by atoms with Crippen molar-refractivity contribution in [3.63, 3.8) is 0 Å². The molecule has 1 amide bonds. The zero-order valence-corrected chi connectivity index (χ0v) is 10.5. The van der Waals surface area contributed by atoms with Gasteiger partial charge in [0.25, 0.3) is 5.91 Å². The third-order valence-electron chi connectivity index (χ3n) is 2.76. The molecule has 0 unspecified atom stereocenters. The number of piperazine rings is 1. The van der Waals surface area contributed by atoms with E-state index in [1.807, 2.05) is 6.92 Å². The molecular weight excluding hydrogens is 243 g/mol. The van der Waals surface area contributed by atoms with Crippen LogP contribution in [0.2, 0.25) is 0 Å². The minimum atomic E-state index is -0.427. The highest BCUT2D eigenvalue weighted by molar-refractivity contribution is 5.94. The SMILES string of the molecule is Cc1ccc(C(=O)N2CCNCC2)c(F)c1.Cl. The number of carbonyl (C=O) groups excluding carboxylic acids is 1. The minimum Gasteiger partial charge on any atom is -0.336 e. The lowest BCUT2D eigenvalue weighted by Crippen LogP contribution is -2.46. The fourth-order valence-corrected chi connectivity index (χ4v) is 1.83. The molecule has 1 heterocycles. The molecule has 2 rings (SSSR count). The Morgan fingerprint density at radius 2 is 2.00 bits per heavy atom. The summed E-state index contributed by atoms with van der Waals surface area (Å²) in [5.74, 6) is -0.637. The molecule has 1 aliphatic heterocycles. The van der Waals surface area contributed by atoms with Gasteiger partial charge in [-0.05, 0) is 24.6 Å². The highest BCUT2D eigenvalue weighted by Gasteiger charge is 2.20. The van der Waals surface area contributed by atoms with E-state index >= 15 is 0 Å². The van der Waals surface area contributed by atoms with Gasteiger partial charge >= 0.3 is 0 Å². The number of amides is 1. The Labute approximate surface area is 106 Å². The fourth-order valence-electron chi connectivity index (χ4n) is 1.83. The summed E-state index contributed by atoms with van der Waals surface area (Å²) in [6.45, 7) is 4.65. The number of aryl methyl sites for hydroxylation is 1. The Kier molecular flexibility index (Phi) is 4.90. The minimum absolute atomic E-state index is 0. The lowest BCUT2D eigenvalue weighted by molar-refractivity contribution is 0.0731. The second kappa shape index (κ2) is 5.98. The van der Waals surface area contributed by atoms with E-state index in [0.717, 1.165) is 18.7 Å². The average molecular weight is 259 g/mol. The first-order chi connectivity index (χ1) is 7.68. The number of rotatable bonds is 1. The van der Waals surface area contributed by atoms with Crippen molar-refractivity contribution < 1.29 is 9.18 Å². The van der Waals surface area contributed by atoms with Crippen LogP contribution >= 0.6 is 12.4 Å². The summed E-state index contributed by atoms with van der Waals surface area (Å²) in [4.78, 5) is 13.7. The quantitative estimate of drug-likeness (QED) is 0.830. The van der Waals surface area contributed by atoms with E-state index in [1.54, 1.807) is 17.0 Å². The smallest absolute Gasteiger partial charge is 0.256 e. The van der Waals surface area contributed by atoms with Gasteiger partial charge in [-0.2, -0.15) is 0 Å². The van der Waals surface area contributed by atoms with Gasteiger partial charge in [-0.1, -0.05) is 6.07 Å². The predicted octanol–water partition coefficient (Wildman–Crippen LogP) is 1.60. The predicted molar refractivity (Wildman–Crippen MR) is 67.2 cm³/mol. The normalized spacial score (nSPS) is 15.3. The molecule has 5 heteroatoms. The molecule has 1 saturated heterocycles.